The Morgan fingerprint density at radius 3 is 2.43 bits per heavy atom. The first kappa shape index (κ1) is 21.0. The summed E-state index contributed by atoms with van der Waals surface area (Å²) in [5.74, 6) is 9.98. The van der Waals surface area contributed by atoms with Crippen molar-refractivity contribution >= 4 is 0 Å². The van der Waals surface area contributed by atoms with Crippen molar-refractivity contribution in [3.63, 3.8) is 0 Å². The van der Waals surface area contributed by atoms with Gasteiger partial charge in [-0.2, -0.15) is 0 Å². The van der Waals surface area contributed by atoms with E-state index in [0.717, 1.165) is 59.2 Å². The second-order valence-corrected chi connectivity index (χ2v) is 12.7. The summed E-state index contributed by atoms with van der Waals surface area (Å²) in [4.78, 5) is 0. The maximum Gasteiger partial charge on any atom is -0.0264 e. The molecule has 11 unspecified atom stereocenters. The maximum atomic E-state index is 4.17. The summed E-state index contributed by atoms with van der Waals surface area (Å²) in [5.41, 5.74) is 2.00. The van der Waals surface area contributed by atoms with Crippen LogP contribution in [0.15, 0.2) is 12.2 Å². The lowest BCUT2D eigenvalue weighted by Crippen LogP contribution is -2.53. The second-order valence-electron chi connectivity index (χ2n) is 12.7. The Bertz CT molecular complexity index is 575. The molecule has 0 heterocycles. The second kappa shape index (κ2) is 7.77. The molecule has 0 aliphatic heterocycles. The van der Waals surface area contributed by atoms with E-state index in [2.05, 4.69) is 48.1 Å². The Balaban J connectivity index is 1.54. The standard InChI is InChI=1S/C28H48/c1-17(2)8-9-19(4)24-10-11-25-27-21(6)16-22-15-18(3)14-20(5)26(22)23(27)12-13-28(24,25)7/h18-27H,1,8-16H2,2-7H3. The number of hydrogen-bond acceptors (Lipinski definition) is 0. The van der Waals surface area contributed by atoms with Crippen LogP contribution in [0.5, 0.6) is 0 Å². The highest BCUT2D eigenvalue weighted by Crippen LogP contribution is 2.67. The van der Waals surface area contributed by atoms with Gasteiger partial charge in [-0.1, -0.05) is 40.2 Å². The molecule has 160 valence electrons. The van der Waals surface area contributed by atoms with Crippen LogP contribution >= 0.6 is 0 Å². The number of allylic oxidation sites excluding steroid dienone is 1. The van der Waals surface area contributed by atoms with Crippen LogP contribution in [-0.2, 0) is 0 Å². The maximum absolute atomic E-state index is 4.17. The molecule has 4 aliphatic rings. The number of rotatable bonds is 4. The minimum Gasteiger partial charge on any atom is -0.100 e. The topological polar surface area (TPSA) is 0 Å². The fourth-order valence-corrected chi connectivity index (χ4v) is 9.83. The SMILES string of the molecule is C=C(C)CCC(C)C1CCC2C3C(C)CC4CC(C)CC(C)C4C3CCC12C. The smallest absolute Gasteiger partial charge is 0.0264 e. The van der Waals surface area contributed by atoms with E-state index in [1.165, 1.54) is 50.5 Å². The molecule has 0 N–H and O–H groups in total. The van der Waals surface area contributed by atoms with Crippen LogP contribution in [0.4, 0.5) is 0 Å². The lowest BCUT2D eigenvalue weighted by molar-refractivity contribution is -0.113. The van der Waals surface area contributed by atoms with E-state index in [0.29, 0.717) is 5.41 Å². The highest BCUT2D eigenvalue weighted by molar-refractivity contribution is 5.08. The van der Waals surface area contributed by atoms with Crippen LogP contribution in [0.1, 0.15) is 99.3 Å². The fourth-order valence-electron chi connectivity index (χ4n) is 9.83. The summed E-state index contributed by atoms with van der Waals surface area (Å²) in [6.45, 7) is 19.5. The van der Waals surface area contributed by atoms with Gasteiger partial charge in [0.2, 0.25) is 0 Å². The molecule has 0 aromatic heterocycles. The van der Waals surface area contributed by atoms with E-state index in [1.807, 2.05) is 0 Å². The summed E-state index contributed by atoms with van der Waals surface area (Å²) in [7, 11) is 0. The molecule has 0 spiro atoms. The van der Waals surface area contributed by atoms with E-state index < -0.39 is 0 Å². The first-order valence-corrected chi connectivity index (χ1v) is 12.9. The molecule has 0 bridgehead atoms. The first-order valence-electron chi connectivity index (χ1n) is 12.9. The zero-order valence-electron chi connectivity index (χ0n) is 19.8. The van der Waals surface area contributed by atoms with Gasteiger partial charge in [-0.05, 0) is 129 Å². The van der Waals surface area contributed by atoms with Crippen molar-refractivity contribution in [3.8, 4) is 0 Å². The Kier molecular flexibility index (Phi) is 5.83. The highest BCUT2D eigenvalue weighted by atomic mass is 14.6. The van der Waals surface area contributed by atoms with Crippen LogP contribution in [0.25, 0.3) is 0 Å². The van der Waals surface area contributed by atoms with Crippen molar-refractivity contribution in [2.75, 3.05) is 0 Å². The molecule has 0 amide bonds. The molecule has 0 aromatic carbocycles. The first-order chi connectivity index (χ1) is 13.2. The summed E-state index contributed by atoms with van der Waals surface area (Å²) in [6, 6.07) is 0. The largest absolute Gasteiger partial charge is 0.100 e. The van der Waals surface area contributed by atoms with Gasteiger partial charge < -0.3 is 0 Å². The summed E-state index contributed by atoms with van der Waals surface area (Å²) in [5, 5.41) is 0. The molecule has 11 atom stereocenters. The van der Waals surface area contributed by atoms with Crippen LogP contribution in [0.2, 0.25) is 0 Å². The Labute approximate surface area is 176 Å². The van der Waals surface area contributed by atoms with Gasteiger partial charge >= 0.3 is 0 Å². The summed E-state index contributed by atoms with van der Waals surface area (Å²) < 4.78 is 0. The minimum atomic E-state index is 0.627. The lowest BCUT2D eigenvalue weighted by atomic mass is 9.45. The van der Waals surface area contributed by atoms with Gasteiger partial charge in [0.05, 0.1) is 0 Å². The quantitative estimate of drug-likeness (QED) is 0.427. The predicted octanol–water partition coefficient (Wildman–Crippen LogP) is 8.38. The molecule has 4 saturated carbocycles. The van der Waals surface area contributed by atoms with Gasteiger partial charge in [0.1, 0.15) is 0 Å². The van der Waals surface area contributed by atoms with E-state index in [9.17, 15) is 0 Å². The van der Waals surface area contributed by atoms with Crippen molar-refractivity contribution in [3.05, 3.63) is 12.2 Å². The van der Waals surface area contributed by atoms with Gasteiger partial charge in [-0.25, -0.2) is 0 Å². The van der Waals surface area contributed by atoms with Crippen molar-refractivity contribution in [2.45, 2.75) is 99.3 Å². The molecule has 4 aliphatic carbocycles. The average molecular weight is 385 g/mol. The molecular weight excluding hydrogens is 336 g/mol. The van der Waals surface area contributed by atoms with E-state index in [1.54, 1.807) is 12.8 Å². The van der Waals surface area contributed by atoms with Crippen molar-refractivity contribution < 1.29 is 0 Å². The molecule has 0 saturated heterocycles. The van der Waals surface area contributed by atoms with E-state index >= 15 is 0 Å². The molecule has 0 heteroatoms. The molecule has 0 aromatic rings. The predicted molar refractivity (Wildman–Crippen MR) is 122 cm³/mol. The molecule has 4 fully saturated rings. The van der Waals surface area contributed by atoms with Gasteiger partial charge in [0.15, 0.2) is 0 Å². The highest BCUT2D eigenvalue weighted by Gasteiger charge is 2.59. The minimum absolute atomic E-state index is 0.627. The molecule has 4 rings (SSSR count). The van der Waals surface area contributed by atoms with Crippen LogP contribution in [0.3, 0.4) is 0 Å². The van der Waals surface area contributed by atoms with E-state index in [4.69, 9.17) is 0 Å². The van der Waals surface area contributed by atoms with Gasteiger partial charge in [0, 0.05) is 0 Å². The molecular formula is C28H48. The van der Waals surface area contributed by atoms with Gasteiger partial charge in [-0.3, -0.25) is 0 Å². The Morgan fingerprint density at radius 2 is 1.71 bits per heavy atom. The Morgan fingerprint density at radius 1 is 1.00 bits per heavy atom. The van der Waals surface area contributed by atoms with Gasteiger partial charge in [0.25, 0.3) is 0 Å². The van der Waals surface area contributed by atoms with Crippen molar-refractivity contribution in [2.24, 2.45) is 64.6 Å². The number of hydrogen-bond donors (Lipinski definition) is 0. The monoisotopic (exact) mass is 384 g/mol. The number of fused-ring (bicyclic) bond motifs is 5. The van der Waals surface area contributed by atoms with Crippen molar-refractivity contribution in [1.29, 1.82) is 0 Å². The average Bonchev–Trinajstić information content (AvgIpc) is 2.96. The van der Waals surface area contributed by atoms with Crippen molar-refractivity contribution in [1.82, 2.24) is 0 Å². The van der Waals surface area contributed by atoms with Crippen LogP contribution in [-0.4, -0.2) is 0 Å². The molecule has 28 heavy (non-hydrogen) atoms. The zero-order valence-corrected chi connectivity index (χ0v) is 19.8. The normalized spacial score (nSPS) is 51.7. The third-order valence-corrected chi connectivity index (χ3v) is 10.7. The van der Waals surface area contributed by atoms with Crippen LogP contribution in [0, 0.1) is 64.6 Å². The molecule has 0 nitrogen and oxygen atoms in total. The van der Waals surface area contributed by atoms with Gasteiger partial charge in [-0.15, -0.1) is 6.58 Å². The van der Waals surface area contributed by atoms with Crippen LogP contribution < -0.4 is 0 Å². The third-order valence-electron chi connectivity index (χ3n) is 10.7. The third kappa shape index (κ3) is 3.43. The summed E-state index contributed by atoms with van der Waals surface area (Å²) >= 11 is 0. The molecule has 0 radical (unpaired) electrons. The van der Waals surface area contributed by atoms with E-state index in [-0.39, 0.29) is 0 Å². The Hall–Kier alpha value is -0.260. The summed E-state index contributed by atoms with van der Waals surface area (Å²) in [6.07, 6.45) is 13.3. The fraction of sp³-hybridized carbons (Fsp3) is 0.929. The zero-order chi connectivity index (χ0) is 20.2. The lowest BCUT2D eigenvalue weighted by Gasteiger charge is -2.60.